The van der Waals surface area contributed by atoms with Crippen LogP contribution < -0.4 is 14.2 Å². The van der Waals surface area contributed by atoms with E-state index in [2.05, 4.69) is 9.71 Å². The third-order valence-corrected chi connectivity index (χ3v) is 5.01. The average Bonchev–Trinajstić information content (AvgIpc) is 2.88. The zero-order chi connectivity index (χ0) is 20.1. The number of rotatable bonds is 5. The van der Waals surface area contributed by atoms with Crippen LogP contribution in [0.15, 0.2) is 35.4 Å². The minimum absolute atomic E-state index is 0.311. The Hall–Kier alpha value is -2.03. The molecule has 1 aliphatic rings. The van der Waals surface area contributed by atoms with Gasteiger partial charge in [-0.1, -0.05) is 23.2 Å². The van der Waals surface area contributed by atoms with Gasteiger partial charge in [-0.2, -0.15) is 0 Å². The number of alkyl halides is 1. The molecule has 150 valence electrons. The quantitative estimate of drug-likeness (QED) is 0.526. The first-order valence-electron chi connectivity index (χ1n) is 8.44. The van der Waals surface area contributed by atoms with Crippen molar-refractivity contribution >= 4 is 46.9 Å². The third kappa shape index (κ3) is 5.27. The predicted molar refractivity (Wildman–Crippen MR) is 109 cm³/mol. The summed E-state index contributed by atoms with van der Waals surface area (Å²) in [6, 6.07) is 7.25. The second kappa shape index (κ2) is 9.45. The summed E-state index contributed by atoms with van der Waals surface area (Å²) in [6.45, 7) is 2.61. The number of methoxy groups -OCH3 is 1. The van der Waals surface area contributed by atoms with Crippen molar-refractivity contribution in [1.29, 1.82) is 0 Å². The highest BCUT2D eigenvalue weighted by Crippen LogP contribution is 2.33. The molecule has 0 fully saturated rings. The lowest BCUT2D eigenvalue weighted by molar-refractivity contribution is 0.0908. The summed E-state index contributed by atoms with van der Waals surface area (Å²) < 4.78 is 19.3. The van der Waals surface area contributed by atoms with Crippen molar-refractivity contribution in [2.75, 3.05) is 25.0 Å². The number of nitrogens with zero attached hydrogens (tertiary/aromatic N) is 2. The van der Waals surface area contributed by atoms with Gasteiger partial charge in [0.15, 0.2) is 5.56 Å². The van der Waals surface area contributed by atoms with Gasteiger partial charge in [0.05, 0.1) is 37.0 Å². The largest absolute Gasteiger partial charge is 0.496 e. The van der Waals surface area contributed by atoms with Crippen LogP contribution in [0.5, 0.6) is 11.6 Å². The van der Waals surface area contributed by atoms with E-state index in [4.69, 9.17) is 37.4 Å². The molecule has 10 heteroatoms. The molecule has 0 radical (unpaired) electrons. The molecule has 1 aliphatic heterocycles. The van der Waals surface area contributed by atoms with Gasteiger partial charge in [0, 0.05) is 10.6 Å². The van der Waals surface area contributed by atoms with Gasteiger partial charge in [-0.05, 0) is 43.1 Å². The maximum Gasteiger partial charge on any atom is 0.411 e. The Morgan fingerprint density at radius 3 is 3.00 bits per heavy atom. The van der Waals surface area contributed by atoms with E-state index in [9.17, 15) is 4.79 Å². The van der Waals surface area contributed by atoms with Gasteiger partial charge in [0.1, 0.15) is 12.4 Å². The van der Waals surface area contributed by atoms with Gasteiger partial charge in [0.25, 0.3) is 0 Å². The number of pyridine rings is 1. The molecule has 1 N–H and O–H groups in total. The SMILES string of the molecule is COc1ccc(Cl)cc1SNc1cnc2c(c1)CN(C(=O)OC(C)Cl)CCO2. The van der Waals surface area contributed by atoms with Crippen molar-refractivity contribution in [3.05, 3.63) is 41.0 Å². The van der Waals surface area contributed by atoms with E-state index in [0.29, 0.717) is 36.3 Å². The van der Waals surface area contributed by atoms with Crippen LogP contribution in [0.3, 0.4) is 0 Å². The maximum atomic E-state index is 12.2. The van der Waals surface area contributed by atoms with Crippen LogP contribution in [0.2, 0.25) is 5.02 Å². The fraction of sp³-hybridized carbons (Fsp3) is 0.333. The number of hydrogen-bond donors (Lipinski definition) is 1. The summed E-state index contributed by atoms with van der Waals surface area (Å²) in [6.07, 6.45) is 1.17. The van der Waals surface area contributed by atoms with Crippen LogP contribution >= 0.6 is 35.1 Å². The number of nitrogens with one attached hydrogen (secondary N) is 1. The lowest BCUT2D eigenvalue weighted by Crippen LogP contribution is -2.34. The van der Waals surface area contributed by atoms with E-state index in [1.807, 2.05) is 12.1 Å². The number of amides is 1. The highest BCUT2D eigenvalue weighted by molar-refractivity contribution is 8.00. The van der Waals surface area contributed by atoms with Gasteiger partial charge in [-0.3, -0.25) is 0 Å². The van der Waals surface area contributed by atoms with E-state index in [1.54, 1.807) is 32.4 Å². The number of ether oxygens (including phenoxy) is 3. The number of hydrogen-bond acceptors (Lipinski definition) is 7. The van der Waals surface area contributed by atoms with E-state index >= 15 is 0 Å². The van der Waals surface area contributed by atoms with Crippen molar-refractivity contribution in [1.82, 2.24) is 9.88 Å². The van der Waals surface area contributed by atoms with E-state index in [0.717, 1.165) is 16.1 Å². The first-order valence-corrected chi connectivity index (χ1v) is 10.1. The van der Waals surface area contributed by atoms with Gasteiger partial charge in [0.2, 0.25) is 5.88 Å². The van der Waals surface area contributed by atoms with Crippen LogP contribution in [0.4, 0.5) is 10.5 Å². The van der Waals surface area contributed by atoms with Gasteiger partial charge >= 0.3 is 6.09 Å². The fourth-order valence-corrected chi connectivity index (χ4v) is 3.64. The predicted octanol–water partition coefficient (Wildman–Crippen LogP) is 4.78. The second-order valence-corrected chi connectivity index (χ2v) is 7.78. The summed E-state index contributed by atoms with van der Waals surface area (Å²) in [5, 5.41) is 0.612. The molecular weight excluding hydrogens is 425 g/mol. The first-order chi connectivity index (χ1) is 13.5. The Kier molecular flexibility index (Phi) is 6.98. The molecule has 0 aliphatic carbocycles. The maximum absolute atomic E-state index is 12.2. The molecule has 0 bridgehead atoms. The normalized spacial score (nSPS) is 14.4. The fourth-order valence-electron chi connectivity index (χ4n) is 2.55. The molecule has 0 spiro atoms. The van der Waals surface area contributed by atoms with Crippen molar-refractivity contribution in [3.63, 3.8) is 0 Å². The van der Waals surface area contributed by atoms with E-state index in [-0.39, 0.29) is 0 Å². The Labute approximate surface area is 177 Å². The summed E-state index contributed by atoms with van der Waals surface area (Å²) in [4.78, 5) is 18.9. The zero-order valence-electron chi connectivity index (χ0n) is 15.3. The molecule has 0 saturated carbocycles. The lowest BCUT2D eigenvalue weighted by Gasteiger charge is -2.20. The molecule has 28 heavy (non-hydrogen) atoms. The summed E-state index contributed by atoms with van der Waals surface area (Å²) in [7, 11) is 1.60. The van der Waals surface area contributed by atoms with Crippen LogP contribution in [-0.4, -0.2) is 41.8 Å². The molecule has 3 rings (SSSR count). The van der Waals surface area contributed by atoms with Gasteiger partial charge < -0.3 is 23.8 Å². The van der Waals surface area contributed by atoms with Crippen molar-refractivity contribution in [2.24, 2.45) is 0 Å². The number of aromatic nitrogens is 1. The standard InChI is InChI=1S/C18H19Cl2N3O4S/c1-11(19)27-18(24)23-5-6-26-17-12(10-23)7-14(9-21-17)22-28-16-8-13(20)3-4-15(16)25-2/h3-4,7-9,11,22H,5-6,10H2,1-2H3. The molecule has 1 unspecified atom stereocenters. The topological polar surface area (TPSA) is 72.9 Å². The van der Waals surface area contributed by atoms with Crippen molar-refractivity contribution in [3.8, 4) is 11.6 Å². The summed E-state index contributed by atoms with van der Waals surface area (Å²) in [5.74, 6) is 1.20. The number of carbonyl (C=O) groups is 1. The van der Waals surface area contributed by atoms with Crippen LogP contribution in [0, 0.1) is 0 Å². The minimum atomic E-state index is -0.702. The van der Waals surface area contributed by atoms with Gasteiger partial charge in [-0.25, -0.2) is 9.78 Å². The Bertz CT molecular complexity index is 854. The number of fused-ring (bicyclic) bond motifs is 1. The highest BCUT2D eigenvalue weighted by Gasteiger charge is 2.23. The number of anilines is 1. The molecule has 2 heterocycles. The highest BCUT2D eigenvalue weighted by atomic mass is 35.5. The summed E-state index contributed by atoms with van der Waals surface area (Å²) >= 11 is 13.2. The Morgan fingerprint density at radius 1 is 1.43 bits per heavy atom. The molecule has 1 amide bonds. The minimum Gasteiger partial charge on any atom is -0.496 e. The van der Waals surface area contributed by atoms with Gasteiger partial charge in [-0.15, -0.1) is 0 Å². The molecule has 1 atom stereocenters. The monoisotopic (exact) mass is 443 g/mol. The molecule has 1 aromatic carbocycles. The van der Waals surface area contributed by atoms with E-state index < -0.39 is 11.7 Å². The zero-order valence-corrected chi connectivity index (χ0v) is 17.6. The molecule has 2 aromatic rings. The van der Waals surface area contributed by atoms with E-state index in [1.165, 1.54) is 16.8 Å². The van der Waals surface area contributed by atoms with Crippen molar-refractivity contribution < 1.29 is 19.0 Å². The average molecular weight is 444 g/mol. The molecule has 0 saturated heterocycles. The first kappa shape index (κ1) is 20.7. The smallest absolute Gasteiger partial charge is 0.411 e. The Balaban J connectivity index is 1.73. The van der Waals surface area contributed by atoms with Crippen LogP contribution in [0.1, 0.15) is 12.5 Å². The van der Waals surface area contributed by atoms with Crippen molar-refractivity contribution in [2.45, 2.75) is 23.9 Å². The second-order valence-electron chi connectivity index (χ2n) is 5.88. The molecule has 1 aromatic heterocycles. The third-order valence-electron chi connectivity index (χ3n) is 3.81. The Morgan fingerprint density at radius 2 is 2.25 bits per heavy atom. The number of benzene rings is 1. The lowest BCUT2D eigenvalue weighted by atomic mass is 10.2. The number of halogens is 2. The molecular formula is C18H19Cl2N3O4S. The summed E-state index contributed by atoms with van der Waals surface area (Å²) in [5.41, 5.74) is 0.807. The molecule has 7 nitrogen and oxygen atoms in total. The van der Waals surface area contributed by atoms with Crippen LogP contribution in [-0.2, 0) is 11.3 Å². The number of carbonyl (C=O) groups excluding carboxylic acids is 1. The van der Waals surface area contributed by atoms with Crippen LogP contribution in [0.25, 0.3) is 0 Å².